The largest absolute Gasteiger partial charge is 0.494 e. The summed E-state index contributed by atoms with van der Waals surface area (Å²) in [5, 5.41) is 12.1. The van der Waals surface area contributed by atoms with E-state index >= 15 is 0 Å². The lowest BCUT2D eigenvalue weighted by molar-refractivity contribution is -0.141. The lowest BCUT2D eigenvalue weighted by Gasteiger charge is -2.14. The molecule has 7 heteroatoms. The Morgan fingerprint density at radius 1 is 1.23 bits per heavy atom. The van der Waals surface area contributed by atoms with Crippen LogP contribution in [0.25, 0.3) is 0 Å². The Hall–Kier alpha value is -2.60. The number of rotatable bonds is 8. The van der Waals surface area contributed by atoms with E-state index in [1.54, 1.807) is 24.3 Å². The average molecular weight is 380 g/mol. The summed E-state index contributed by atoms with van der Waals surface area (Å²) in [5.41, 5.74) is 0.576. The maximum Gasteiger partial charge on any atom is 0.308 e. The van der Waals surface area contributed by atoms with E-state index in [4.69, 9.17) is 16.3 Å². The molecule has 0 bridgehead atoms. The Bertz CT molecular complexity index is 780. The molecule has 0 radical (unpaired) electrons. The minimum absolute atomic E-state index is 0.132. The first kappa shape index (κ1) is 19.7. The summed E-state index contributed by atoms with van der Waals surface area (Å²) in [5.74, 6) is -2.62. The second-order valence-corrected chi connectivity index (χ2v) is 6.09. The van der Waals surface area contributed by atoms with E-state index in [-0.39, 0.29) is 23.6 Å². The third-order valence-electron chi connectivity index (χ3n) is 3.75. The highest BCUT2D eigenvalue weighted by molar-refractivity contribution is 6.31. The van der Waals surface area contributed by atoms with E-state index in [1.807, 2.05) is 6.92 Å². The summed E-state index contributed by atoms with van der Waals surface area (Å²) >= 11 is 5.77. The second kappa shape index (κ2) is 9.20. The molecule has 0 heterocycles. The predicted molar refractivity (Wildman–Crippen MR) is 96.2 cm³/mol. The highest BCUT2D eigenvalue weighted by Gasteiger charge is 2.20. The Labute approximate surface area is 155 Å². The van der Waals surface area contributed by atoms with E-state index in [9.17, 15) is 19.1 Å². The molecule has 138 valence electrons. The van der Waals surface area contributed by atoms with Crippen LogP contribution in [0.4, 0.5) is 4.39 Å². The van der Waals surface area contributed by atoms with Crippen LogP contribution in [0.5, 0.6) is 5.75 Å². The van der Waals surface area contributed by atoms with Crippen molar-refractivity contribution >= 4 is 23.5 Å². The fourth-order valence-electron chi connectivity index (χ4n) is 2.40. The summed E-state index contributed by atoms with van der Waals surface area (Å²) in [6.45, 7) is 2.29. The first-order valence-corrected chi connectivity index (χ1v) is 8.46. The molecule has 2 aromatic carbocycles. The number of carbonyl (C=O) groups is 2. The Morgan fingerprint density at radius 3 is 2.54 bits per heavy atom. The van der Waals surface area contributed by atoms with Gasteiger partial charge in [0.2, 0.25) is 0 Å². The van der Waals surface area contributed by atoms with Crippen LogP contribution in [0.2, 0.25) is 5.02 Å². The number of hydrogen-bond acceptors (Lipinski definition) is 3. The van der Waals surface area contributed by atoms with Crippen LogP contribution in [0.15, 0.2) is 42.5 Å². The molecular weight excluding hydrogens is 361 g/mol. The molecular formula is C19H19ClFNO4. The standard InChI is InChI=1S/C19H19ClFNO4/c1-2-26-15-6-3-12(4-7-15)9-13(19(24)25)11-22-18(23)16-10-14(20)5-8-17(16)21/h3-8,10,13H,2,9,11H2,1H3,(H,22,23)(H,24,25). The number of carboxylic acids is 1. The number of carboxylic acid groups (broad SMARTS) is 1. The normalized spacial score (nSPS) is 11.7. The van der Waals surface area contributed by atoms with Gasteiger partial charge in [-0.05, 0) is 49.2 Å². The molecule has 2 rings (SSSR count). The van der Waals surface area contributed by atoms with Crippen LogP contribution < -0.4 is 10.1 Å². The maximum absolute atomic E-state index is 13.7. The van der Waals surface area contributed by atoms with Crippen LogP contribution in [-0.4, -0.2) is 30.1 Å². The highest BCUT2D eigenvalue weighted by Crippen LogP contribution is 2.17. The number of benzene rings is 2. The second-order valence-electron chi connectivity index (χ2n) is 5.65. The molecule has 0 aliphatic carbocycles. The molecule has 1 atom stereocenters. The topological polar surface area (TPSA) is 75.6 Å². The summed E-state index contributed by atoms with van der Waals surface area (Å²) < 4.78 is 19.0. The van der Waals surface area contributed by atoms with Crippen molar-refractivity contribution in [2.75, 3.05) is 13.2 Å². The van der Waals surface area contributed by atoms with Gasteiger partial charge < -0.3 is 15.2 Å². The number of ether oxygens (including phenoxy) is 1. The monoisotopic (exact) mass is 379 g/mol. The zero-order chi connectivity index (χ0) is 19.1. The Morgan fingerprint density at radius 2 is 1.92 bits per heavy atom. The molecule has 0 aromatic heterocycles. The molecule has 0 fully saturated rings. The predicted octanol–water partition coefficient (Wildman–Crippen LogP) is 3.55. The summed E-state index contributed by atoms with van der Waals surface area (Å²) in [6, 6.07) is 10.7. The van der Waals surface area contributed by atoms with Crippen LogP contribution >= 0.6 is 11.6 Å². The minimum atomic E-state index is -1.05. The summed E-state index contributed by atoms with van der Waals surface area (Å²) in [6.07, 6.45) is 0.222. The maximum atomic E-state index is 13.7. The summed E-state index contributed by atoms with van der Waals surface area (Å²) in [4.78, 5) is 23.6. The smallest absolute Gasteiger partial charge is 0.308 e. The summed E-state index contributed by atoms with van der Waals surface area (Å²) in [7, 11) is 0. The van der Waals surface area contributed by atoms with Crippen molar-refractivity contribution in [3.8, 4) is 5.75 Å². The fraction of sp³-hybridized carbons (Fsp3) is 0.263. The van der Waals surface area contributed by atoms with Gasteiger partial charge in [0.15, 0.2) is 0 Å². The molecule has 0 spiro atoms. The molecule has 0 aliphatic heterocycles. The van der Waals surface area contributed by atoms with E-state index in [0.29, 0.717) is 12.4 Å². The zero-order valence-electron chi connectivity index (χ0n) is 14.2. The van der Waals surface area contributed by atoms with Gasteiger partial charge in [0.25, 0.3) is 5.91 Å². The molecule has 2 aromatic rings. The van der Waals surface area contributed by atoms with E-state index < -0.39 is 23.6 Å². The molecule has 2 N–H and O–H groups in total. The highest BCUT2D eigenvalue weighted by atomic mass is 35.5. The van der Waals surface area contributed by atoms with Gasteiger partial charge in [0.1, 0.15) is 11.6 Å². The van der Waals surface area contributed by atoms with Crippen molar-refractivity contribution in [2.45, 2.75) is 13.3 Å². The van der Waals surface area contributed by atoms with Crippen molar-refractivity contribution in [2.24, 2.45) is 5.92 Å². The Balaban J connectivity index is 2.00. The zero-order valence-corrected chi connectivity index (χ0v) is 14.9. The lowest BCUT2D eigenvalue weighted by atomic mass is 9.99. The fourth-order valence-corrected chi connectivity index (χ4v) is 2.57. The van der Waals surface area contributed by atoms with E-state index in [2.05, 4.69) is 5.32 Å². The van der Waals surface area contributed by atoms with Crippen LogP contribution in [0.1, 0.15) is 22.8 Å². The Kier molecular flexibility index (Phi) is 6.97. The number of halogens is 2. The van der Waals surface area contributed by atoms with Gasteiger partial charge in [-0.1, -0.05) is 23.7 Å². The molecule has 0 saturated carbocycles. The van der Waals surface area contributed by atoms with Crippen molar-refractivity contribution < 1.29 is 23.8 Å². The SMILES string of the molecule is CCOc1ccc(CC(CNC(=O)c2cc(Cl)ccc2F)C(=O)O)cc1. The van der Waals surface area contributed by atoms with Gasteiger partial charge in [-0.15, -0.1) is 0 Å². The van der Waals surface area contributed by atoms with Gasteiger partial charge in [-0.2, -0.15) is 0 Å². The average Bonchev–Trinajstić information content (AvgIpc) is 2.61. The minimum Gasteiger partial charge on any atom is -0.494 e. The molecule has 5 nitrogen and oxygen atoms in total. The van der Waals surface area contributed by atoms with Crippen LogP contribution in [-0.2, 0) is 11.2 Å². The molecule has 0 saturated heterocycles. The van der Waals surface area contributed by atoms with Gasteiger partial charge in [-0.25, -0.2) is 4.39 Å². The van der Waals surface area contributed by atoms with Gasteiger partial charge >= 0.3 is 5.97 Å². The van der Waals surface area contributed by atoms with Gasteiger partial charge in [0.05, 0.1) is 18.1 Å². The molecule has 0 aliphatic rings. The number of carbonyl (C=O) groups excluding carboxylic acids is 1. The third kappa shape index (κ3) is 5.46. The van der Waals surface area contributed by atoms with Crippen molar-refractivity contribution in [3.05, 3.63) is 64.4 Å². The van der Waals surface area contributed by atoms with Gasteiger partial charge in [0, 0.05) is 11.6 Å². The number of nitrogens with one attached hydrogen (secondary N) is 1. The van der Waals surface area contributed by atoms with Crippen molar-refractivity contribution in [1.29, 1.82) is 0 Å². The lowest BCUT2D eigenvalue weighted by Crippen LogP contribution is -2.34. The van der Waals surface area contributed by atoms with Crippen LogP contribution in [0, 0.1) is 11.7 Å². The third-order valence-corrected chi connectivity index (χ3v) is 3.98. The van der Waals surface area contributed by atoms with Crippen LogP contribution in [0.3, 0.4) is 0 Å². The first-order chi connectivity index (χ1) is 12.4. The van der Waals surface area contributed by atoms with Gasteiger partial charge in [-0.3, -0.25) is 9.59 Å². The molecule has 26 heavy (non-hydrogen) atoms. The van der Waals surface area contributed by atoms with E-state index in [0.717, 1.165) is 11.6 Å². The number of hydrogen-bond donors (Lipinski definition) is 2. The van der Waals surface area contributed by atoms with Crippen molar-refractivity contribution in [3.63, 3.8) is 0 Å². The molecule has 1 unspecified atom stereocenters. The number of aliphatic carboxylic acids is 1. The first-order valence-electron chi connectivity index (χ1n) is 8.08. The van der Waals surface area contributed by atoms with E-state index in [1.165, 1.54) is 12.1 Å². The molecule has 1 amide bonds. The number of amides is 1. The van der Waals surface area contributed by atoms with Crippen molar-refractivity contribution in [1.82, 2.24) is 5.32 Å². The quantitative estimate of drug-likeness (QED) is 0.735.